The maximum atomic E-state index is 12.7. The molecule has 0 N–H and O–H groups in total. The lowest BCUT2D eigenvalue weighted by Gasteiger charge is -2.33. The van der Waals surface area contributed by atoms with Gasteiger partial charge in [-0.3, -0.25) is 4.79 Å². The van der Waals surface area contributed by atoms with Crippen molar-refractivity contribution in [3.8, 4) is 5.75 Å². The predicted octanol–water partition coefficient (Wildman–Crippen LogP) is 3.99. The second-order valence-electron chi connectivity index (χ2n) is 6.54. The Bertz CT molecular complexity index is 794. The topological polar surface area (TPSA) is 48.0 Å². The molecule has 5 nitrogen and oxygen atoms in total. The van der Waals surface area contributed by atoms with Crippen molar-refractivity contribution in [2.45, 2.75) is 19.1 Å². The highest BCUT2D eigenvalue weighted by Crippen LogP contribution is 2.25. The Labute approximate surface area is 175 Å². The van der Waals surface area contributed by atoms with Crippen LogP contribution in [0.2, 0.25) is 10.0 Å². The zero-order valence-corrected chi connectivity index (χ0v) is 17.2. The van der Waals surface area contributed by atoms with E-state index >= 15 is 0 Å². The molecule has 0 aliphatic carbocycles. The van der Waals surface area contributed by atoms with Crippen molar-refractivity contribution >= 4 is 29.1 Å². The normalized spacial score (nSPS) is 16.8. The number of para-hydroxylation sites is 1. The van der Waals surface area contributed by atoms with Crippen LogP contribution in [0.3, 0.4) is 0 Å². The number of halogens is 2. The summed E-state index contributed by atoms with van der Waals surface area (Å²) in [4.78, 5) is 14.5. The molecule has 150 valence electrons. The van der Waals surface area contributed by atoms with Crippen LogP contribution in [-0.4, -0.2) is 50.3 Å². The molecule has 1 aliphatic rings. The fourth-order valence-corrected chi connectivity index (χ4v) is 3.64. The number of amides is 1. The molecule has 0 spiro atoms. The van der Waals surface area contributed by atoms with Crippen LogP contribution in [0, 0.1) is 0 Å². The minimum absolute atomic E-state index is 0.0481. The van der Waals surface area contributed by atoms with E-state index in [1.807, 2.05) is 29.2 Å². The summed E-state index contributed by atoms with van der Waals surface area (Å²) in [6, 6.07) is 12.9. The first-order valence-corrected chi connectivity index (χ1v) is 9.86. The second-order valence-corrected chi connectivity index (χ2v) is 7.35. The minimum atomic E-state index is -0.184. The molecule has 1 amide bonds. The van der Waals surface area contributed by atoms with Crippen molar-refractivity contribution in [2.24, 2.45) is 0 Å². The summed E-state index contributed by atoms with van der Waals surface area (Å²) in [5.41, 5.74) is 1.63. The number of morpholine rings is 1. The molecule has 1 aliphatic heterocycles. The molecular weight excluding hydrogens is 401 g/mol. The van der Waals surface area contributed by atoms with Gasteiger partial charge in [-0.05, 0) is 18.2 Å². The number of hydrogen-bond donors (Lipinski definition) is 0. The molecule has 1 unspecified atom stereocenters. The zero-order chi connectivity index (χ0) is 19.9. The van der Waals surface area contributed by atoms with Gasteiger partial charge in [-0.1, -0.05) is 47.5 Å². The van der Waals surface area contributed by atoms with Gasteiger partial charge >= 0.3 is 0 Å². The van der Waals surface area contributed by atoms with Gasteiger partial charge in [0.15, 0.2) is 0 Å². The number of benzene rings is 2. The fraction of sp³-hybridized carbons (Fsp3) is 0.381. The lowest BCUT2D eigenvalue weighted by molar-refractivity contribution is -0.140. The van der Waals surface area contributed by atoms with Gasteiger partial charge in [-0.25, -0.2) is 0 Å². The van der Waals surface area contributed by atoms with Gasteiger partial charge in [-0.2, -0.15) is 0 Å². The van der Waals surface area contributed by atoms with E-state index in [4.69, 9.17) is 37.4 Å². The molecule has 1 atom stereocenters. The Morgan fingerprint density at radius 3 is 2.68 bits per heavy atom. The lowest BCUT2D eigenvalue weighted by atomic mass is 10.1. The van der Waals surface area contributed by atoms with Crippen molar-refractivity contribution in [3.63, 3.8) is 0 Å². The van der Waals surface area contributed by atoms with Crippen LogP contribution in [0.25, 0.3) is 0 Å². The molecule has 2 aromatic rings. The molecule has 2 aromatic carbocycles. The van der Waals surface area contributed by atoms with Crippen LogP contribution in [0.15, 0.2) is 42.5 Å². The SMILES string of the molecule is COc1ccccc1CC(=O)N1CCOC(COCc2c(Cl)cccc2Cl)C1. The van der Waals surface area contributed by atoms with E-state index in [0.717, 1.165) is 16.9 Å². The van der Waals surface area contributed by atoms with E-state index in [1.54, 1.807) is 25.3 Å². The maximum Gasteiger partial charge on any atom is 0.227 e. The quantitative estimate of drug-likeness (QED) is 0.675. The van der Waals surface area contributed by atoms with Crippen LogP contribution >= 0.6 is 23.2 Å². The maximum absolute atomic E-state index is 12.7. The third-order valence-corrected chi connectivity index (χ3v) is 5.35. The van der Waals surface area contributed by atoms with Gasteiger partial charge in [0, 0.05) is 34.3 Å². The number of carbonyl (C=O) groups is 1. The highest BCUT2D eigenvalue weighted by Gasteiger charge is 2.25. The Hall–Kier alpha value is -1.79. The summed E-state index contributed by atoms with van der Waals surface area (Å²) in [7, 11) is 1.61. The number of methoxy groups -OCH3 is 1. The lowest BCUT2D eigenvalue weighted by Crippen LogP contribution is -2.47. The molecule has 1 fully saturated rings. The molecule has 3 rings (SSSR count). The highest BCUT2D eigenvalue weighted by molar-refractivity contribution is 6.35. The highest BCUT2D eigenvalue weighted by atomic mass is 35.5. The summed E-state index contributed by atoms with van der Waals surface area (Å²) in [5.74, 6) is 0.771. The van der Waals surface area contributed by atoms with Crippen molar-refractivity contribution in [3.05, 3.63) is 63.6 Å². The second kappa shape index (κ2) is 10.1. The van der Waals surface area contributed by atoms with Gasteiger partial charge in [0.25, 0.3) is 0 Å². The van der Waals surface area contributed by atoms with E-state index < -0.39 is 0 Å². The number of nitrogens with zero attached hydrogens (tertiary/aromatic N) is 1. The molecule has 0 saturated carbocycles. The van der Waals surface area contributed by atoms with Crippen LogP contribution in [0.4, 0.5) is 0 Å². The molecule has 1 saturated heterocycles. The fourth-order valence-electron chi connectivity index (χ4n) is 3.13. The summed E-state index contributed by atoms with van der Waals surface area (Å²) in [6.07, 6.45) is 0.115. The largest absolute Gasteiger partial charge is 0.496 e. The molecule has 28 heavy (non-hydrogen) atoms. The molecule has 7 heteroatoms. The number of rotatable bonds is 7. The molecule has 0 bridgehead atoms. The first-order chi connectivity index (χ1) is 13.6. The third kappa shape index (κ3) is 5.39. The van der Waals surface area contributed by atoms with E-state index in [0.29, 0.717) is 49.4 Å². The first-order valence-electron chi connectivity index (χ1n) is 9.10. The van der Waals surface area contributed by atoms with Crippen molar-refractivity contribution in [2.75, 3.05) is 33.4 Å². The van der Waals surface area contributed by atoms with E-state index in [-0.39, 0.29) is 12.0 Å². The van der Waals surface area contributed by atoms with Gasteiger partial charge in [0.1, 0.15) is 5.75 Å². The van der Waals surface area contributed by atoms with E-state index in [9.17, 15) is 4.79 Å². The average molecular weight is 424 g/mol. The molecule has 0 radical (unpaired) electrons. The van der Waals surface area contributed by atoms with Crippen molar-refractivity contribution < 1.29 is 19.0 Å². The Balaban J connectivity index is 1.51. The summed E-state index contributed by atoms with van der Waals surface area (Å²) < 4.78 is 16.8. The van der Waals surface area contributed by atoms with Crippen LogP contribution in [0.1, 0.15) is 11.1 Å². The molecular formula is C21H23Cl2NO4. The molecule has 1 heterocycles. The number of ether oxygens (including phenoxy) is 3. The Morgan fingerprint density at radius 2 is 1.93 bits per heavy atom. The summed E-state index contributed by atoms with van der Waals surface area (Å²) in [6.45, 7) is 2.21. The smallest absolute Gasteiger partial charge is 0.227 e. The standard InChI is InChI=1S/C21H23Cl2NO4/c1-26-20-8-3-2-5-15(20)11-21(25)24-9-10-28-16(12-24)13-27-14-17-18(22)6-4-7-19(17)23/h2-8,16H,9-14H2,1H3. The average Bonchev–Trinajstić information content (AvgIpc) is 2.71. The van der Waals surface area contributed by atoms with Gasteiger partial charge in [-0.15, -0.1) is 0 Å². The molecule has 0 aromatic heterocycles. The van der Waals surface area contributed by atoms with Crippen LogP contribution in [-0.2, 0) is 27.3 Å². The van der Waals surface area contributed by atoms with E-state index in [1.165, 1.54) is 0 Å². The minimum Gasteiger partial charge on any atom is -0.496 e. The zero-order valence-electron chi connectivity index (χ0n) is 15.7. The monoisotopic (exact) mass is 423 g/mol. The first kappa shape index (κ1) is 20.9. The van der Waals surface area contributed by atoms with Crippen LogP contribution in [0.5, 0.6) is 5.75 Å². The number of hydrogen-bond acceptors (Lipinski definition) is 4. The Kier molecular flexibility index (Phi) is 7.57. The van der Waals surface area contributed by atoms with Crippen molar-refractivity contribution in [1.29, 1.82) is 0 Å². The van der Waals surface area contributed by atoms with E-state index in [2.05, 4.69) is 0 Å². The number of carbonyl (C=O) groups excluding carboxylic acids is 1. The third-order valence-electron chi connectivity index (χ3n) is 4.64. The summed E-state index contributed by atoms with van der Waals surface area (Å²) in [5, 5.41) is 1.15. The summed E-state index contributed by atoms with van der Waals surface area (Å²) >= 11 is 12.3. The predicted molar refractivity (Wildman–Crippen MR) is 109 cm³/mol. The van der Waals surface area contributed by atoms with Gasteiger partial charge in [0.2, 0.25) is 5.91 Å². The van der Waals surface area contributed by atoms with Gasteiger partial charge < -0.3 is 19.1 Å². The van der Waals surface area contributed by atoms with Crippen molar-refractivity contribution in [1.82, 2.24) is 4.90 Å². The van der Waals surface area contributed by atoms with Crippen LogP contribution < -0.4 is 4.74 Å². The Morgan fingerprint density at radius 1 is 1.18 bits per heavy atom. The van der Waals surface area contributed by atoms with Gasteiger partial charge in [0.05, 0.1) is 39.5 Å².